The fraction of sp³-hybridized carbons (Fsp3) is 0.0909. The van der Waals surface area contributed by atoms with Crippen LogP contribution in [-0.2, 0) is 6.54 Å². The lowest BCUT2D eigenvalue weighted by molar-refractivity contribution is 0.722. The van der Waals surface area contributed by atoms with Gasteiger partial charge in [-0.15, -0.1) is 0 Å². The molecule has 0 saturated carbocycles. The number of benzene rings is 1. The maximum Gasteiger partial charge on any atom is 0.328 e. The average molecular weight is 252 g/mol. The Hall–Kier alpha value is -2.01. The largest absolute Gasteiger partial charge is 0.398 e. The minimum atomic E-state index is -0.466. The van der Waals surface area contributed by atoms with Crippen LogP contribution in [0.5, 0.6) is 0 Å². The van der Waals surface area contributed by atoms with E-state index in [9.17, 15) is 9.59 Å². The number of hydrogen-bond acceptors (Lipinski definition) is 3. The number of halogens is 1. The minimum absolute atomic E-state index is 0.290. The van der Waals surface area contributed by atoms with E-state index in [4.69, 9.17) is 17.3 Å². The van der Waals surface area contributed by atoms with E-state index in [1.165, 1.54) is 16.8 Å². The fourth-order valence-corrected chi connectivity index (χ4v) is 1.64. The molecule has 0 spiro atoms. The fourth-order valence-electron chi connectivity index (χ4n) is 1.46. The molecule has 2 rings (SSSR count). The summed E-state index contributed by atoms with van der Waals surface area (Å²) in [6.45, 7) is 0.290. The molecule has 5 nitrogen and oxygen atoms in total. The van der Waals surface area contributed by atoms with Crippen molar-refractivity contribution in [2.45, 2.75) is 6.54 Å². The molecule has 0 atom stereocenters. The molecule has 0 bridgehead atoms. The summed E-state index contributed by atoms with van der Waals surface area (Å²) in [5, 5.41) is 0.542. The van der Waals surface area contributed by atoms with Crippen molar-refractivity contribution in [1.82, 2.24) is 9.55 Å². The van der Waals surface area contributed by atoms with Gasteiger partial charge in [-0.25, -0.2) is 4.79 Å². The lowest BCUT2D eigenvalue weighted by Crippen LogP contribution is -2.29. The van der Waals surface area contributed by atoms with Crippen LogP contribution < -0.4 is 17.0 Å². The van der Waals surface area contributed by atoms with E-state index in [0.29, 0.717) is 17.3 Å². The zero-order valence-electron chi connectivity index (χ0n) is 8.81. The molecule has 2 aromatic rings. The minimum Gasteiger partial charge on any atom is -0.398 e. The molecule has 0 aliphatic heterocycles. The maximum atomic E-state index is 11.5. The van der Waals surface area contributed by atoms with Crippen LogP contribution in [0, 0.1) is 0 Å². The molecule has 3 N–H and O–H groups in total. The molecular formula is C11H10ClN3O2. The summed E-state index contributed by atoms with van der Waals surface area (Å²) in [4.78, 5) is 24.5. The van der Waals surface area contributed by atoms with Gasteiger partial charge in [0.2, 0.25) is 0 Å². The highest BCUT2D eigenvalue weighted by molar-refractivity contribution is 6.30. The molecule has 0 radical (unpaired) electrons. The van der Waals surface area contributed by atoms with E-state index in [1.807, 2.05) is 0 Å². The highest BCUT2D eigenvalue weighted by Crippen LogP contribution is 2.18. The Bertz CT molecular complexity index is 660. The molecule has 1 aromatic carbocycles. The Balaban J connectivity index is 2.38. The number of anilines is 1. The van der Waals surface area contributed by atoms with Gasteiger partial charge in [-0.05, 0) is 17.7 Å². The van der Waals surface area contributed by atoms with Crippen LogP contribution >= 0.6 is 11.6 Å². The summed E-state index contributed by atoms with van der Waals surface area (Å²) in [6.07, 6.45) is 1.43. The second kappa shape index (κ2) is 4.47. The van der Waals surface area contributed by atoms with Gasteiger partial charge in [0.25, 0.3) is 5.56 Å². The molecule has 0 fully saturated rings. The van der Waals surface area contributed by atoms with Crippen molar-refractivity contribution < 1.29 is 0 Å². The number of nitrogens with two attached hydrogens (primary N) is 1. The summed E-state index contributed by atoms with van der Waals surface area (Å²) in [7, 11) is 0. The second-order valence-electron chi connectivity index (χ2n) is 3.58. The van der Waals surface area contributed by atoms with E-state index in [2.05, 4.69) is 4.98 Å². The third-order valence-corrected chi connectivity index (χ3v) is 2.58. The quantitative estimate of drug-likeness (QED) is 0.776. The van der Waals surface area contributed by atoms with Gasteiger partial charge in [0.1, 0.15) is 0 Å². The van der Waals surface area contributed by atoms with Crippen LogP contribution in [0.25, 0.3) is 0 Å². The van der Waals surface area contributed by atoms with Crippen LogP contribution in [-0.4, -0.2) is 9.55 Å². The molecule has 0 aliphatic carbocycles. The SMILES string of the molecule is Nc1cc(Cl)ccc1Cn1ccc(=O)[nH]c1=O. The second-order valence-corrected chi connectivity index (χ2v) is 4.02. The van der Waals surface area contributed by atoms with Gasteiger partial charge < -0.3 is 5.73 Å². The van der Waals surface area contributed by atoms with Crippen LogP contribution in [0.4, 0.5) is 5.69 Å². The van der Waals surface area contributed by atoms with Gasteiger partial charge in [0.15, 0.2) is 0 Å². The number of nitrogen functional groups attached to an aromatic ring is 1. The van der Waals surface area contributed by atoms with Crippen LogP contribution in [0.1, 0.15) is 5.56 Å². The molecule has 17 heavy (non-hydrogen) atoms. The van der Waals surface area contributed by atoms with E-state index in [1.54, 1.807) is 18.2 Å². The number of H-pyrrole nitrogens is 1. The summed E-state index contributed by atoms with van der Waals surface area (Å²) in [5.74, 6) is 0. The smallest absolute Gasteiger partial charge is 0.328 e. The average Bonchev–Trinajstić information content (AvgIpc) is 2.25. The third kappa shape index (κ3) is 2.57. The van der Waals surface area contributed by atoms with Crippen LogP contribution in [0.3, 0.4) is 0 Å². The first-order chi connectivity index (χ1) is 8.06. The molecule has 0 aliphatic rings. The van der Waals surface area contributed by atoms with Gasteiger partial charge in [0, 0.05) is 23.0 Å². The van der Waals surface area contributed by atoms with Crippen molar-refractivity contribution in [3.8, 4) is 0 Å². The Morgan fingerprint density at radius 2 is 2.06 bits per heavy atom. The van der Waals surface area contributed by atoms with E-state index in [-0.39, 0.29) is 0 Å². The standard InChI is InChI=1S/C11H10ClN3O2/c12-8-2-1-7(9(13)5-8)6-15-4-3-10(16)14-11(15)17/h1-5H,6,13H2,(H,14,16,17). The summed E-state index contributed by atoms with van der Waals surface area (Å²) >= 11 is 5.78. The van der Waals surface area contributed by atoms with Crippen molar-refractivity contribution in [1.29, 1.82) is 0 Å². The van der Waals surface area contributed by atoms with Crippen LogP contribution in [0.15, 0.2) is 40.1 Å². The number of hydrogen-bond donors (Lipinski definition) is 2. The first kappa shape index (κ1) is 11.5. The molecule has 0 amide bonds. The van der Waals surface area contributed by atoms with Gasteiger partial charge in [0.05, 0.1) is 6.54 Å². The summed E-state index contributed by atoms with van der Waals surface area (Å²) < 4.78 is 1.36. The molecule has 6 heteroatoms. The van der Waals surface area contributed by atoms with Crippen LogP contribution in [0.2, 0.25) is 5.02 Å². The van der Waals surface area contributed by atoms with Gasteiger partial charge in [-0.1, -0.05) is 17.7 Å². The lowest BCUT2D eigenvalue weighted by atomic mass is 10.2. The molecular weight excluding hydrogens is 242 g/mol. The summed E-state index contributed by atoms with van der Waals surface area (Å²) in [5.41, 5.74) is 6.17. The van der Waals surface area contributed by atoms with Crippen molar-refractivity contribution in [2.24, 2.45) is 0 Å². The van der Waals surface area contributed by atoms with Gasteiger partial charge in [-0.3, -0.25) is 14.3 Å². The molecule has 1 aromatic heterocycles. The predicted octanol–water partition coefficient (Wildman–Crippen LogP) is 0.821. The highest BCUT2D eigenvalue weighted by Gasteiger charge is 2.03. The Morgan fingerprint density at radius 1 is 1.29 bits per heavy atom. The summed E-state index contributed by atoms with van der Waals surface area (Å²) in [6, 6.07) is 6.35. The maximum absolute atomic E-state index is 11.5. The van der Waals surface area contributed by atoms with Crippen molar-refractivity contribution in [3.05, 3.63) is 61.9 Å². The Labute approximate surface area is 101 Å². The molecule has 0 unspecified atom stereocenters. The highest BCUT2D eigenvalue weighted by atomic mass is 35.5. The molecule has 88 valence electrons. The number of rotatable bonds is 2. The van der Waals surface area contributed by atoms with E-state index in [0.717, 1.165) is 5.56 Å². The van der Waals surface area contributed by atoms with Gasteiger partial charge >= 0.3 is 5.69 Å². The Kier molecular flexibility index (Phi) is 3.01. The first-order valence-corrected chi connectivity index (χ1v) is 5.28. The molecule has 1 heterocycles. The van der Waals surface area contributed by atoms with E-state index < -0.39 is 11.2 Å². The number of aromatic amines is 1. The van der Waals surface area contributed by atoms with Crippen molar-refractivity contribution in [2.75, 3.05) is 5.73 Å². The first-order valence-electron chi connectivity index (χ1n) is 4.90. The molecule has 0 saturated heterocycles. The zero-order chi connectivity index (χ0) is 12.4. The number of aromatic nitrogens is 2. The van der Waals surface area contributed by atoms with Gasteiger partial charge in [-0.2, -0.15) is 0 Å². The third-order valence-electron chi connectivity index (χ3n) is 2.35. The normalized spacial score (nSPS) is 10.4. The predicted molar refractivity (Wildman–Crippen MR) is 66.3 cm³/mol. The number of nitrogens with one attached hydrogen (secondary N) is 1. The van der Waals surface area contributed by atoms with Crippen molar-refractivity contribution in [3.63, 3.8) is 0 Å². The topological polar surface area (TPSA) is 80.9 Å². The number of nitrogens with zero attached hydrogens (tertiary/aromatic N) is 1. The Morgan fingerprint density at radius 3 is 2.71 bits per heavy atom. The van der Waals surface area contributed by atoms with E-state index >= 15 is 0 Å². The van der Waals surface area contributed by atoms with Crippen molar-refractivity contribution >= 4 is 17.3 Å². The lowest BCUT2D eigenvalue weighted by Gasteiger charge is -2.07. The zero-order valence-corrected chi connectivity index (χ0v) is 9.57. The monoisotopic (exact) mass is 251 g/mol.